The largest absolute Gasteiger partial charge is 0.480 e. The van der Waals surface area contributed by atoms with Gasteiger partial charge in [-0.3, -0.25) is 9.35 Å². The van der Waals surface area contributed by atoms with Crippen molar-refractivity contribution in [2.45, 2.75) is 104 Å². The Morgan fingerprint density at radius 3 is 1.77 bits per heavy atom. The number of aliphatic carboxylic acids is 1. The summed E-state index contributed by atoms with van der Waals surface area (Å²) >= 11 is 0. The molecule has 1 amide bonds. The molecular weight excluding hydrogens is 532 g/mol. The lowest BCUT2D eigenvalue weighted by atomic mass is 9.94. The third kappa shape index (κ3) is 17.0. The number of aryl methyl sites for hydroxylation is 1. The number of carbonyl (C=O) groups is 2. The lowest BCUT2D eigenvalue weighted by Crippen LogP contribution is -2.52. The van der Waals surface area contributed by atoms with Crippen LogP contribution < -0.4 is 11.1 Å². The SMILES string of the molecule is C.C.CCCC[C@@](C)(N)CO.CCCC[C@@](C)(NC(=O)c1ccccc1)C(=O)O.Cc1ccc(S(=O)(=O)O)cc1. The van der Waals surface area contributed by atoms with E-state index in [-0.39, 0.29) is 37.8 Å². The molecule has 0 heterocycles. The molecule has 0 spiro atoms. The van der Waals surface area contributed by atoms with E-state index in [1.54, 1.807) is 43.3 Å². The summed E-state index contributed by atoms with van der Waals surface area (Å²) in [5.74, 6) is -1.35. The first-order valence-electron chi connectivity index (χ1n) is 12.7. The first kappa shape index (κ1) is 41.7. The minimum atomic E-state index is -4.02. The first-order chi connectivity index (χ1) is 17.6. The lowest BCUT2D eigenvalue weighted by molar-refractivity contribution is -0.144. The van der Waals surface area contributed by atoms with E-state index in [1.165, 1.54) is 12.1 Å². The molecule has 0 saturated carbocycles. The molecule has 0 aromatic heterocycles. The zero-order valence-corrected chi connectivity index (χ0v) is 23.9. The van der Waals surface area contributed by atoms with E-state index in [9.17, 15) is 23.1 Å². The molecule has 0 bridgehead atoms. The summed E-state index contributed by atoms with van der Waals surface area (Å²) in [5, 5.41) is 20.5. The second-order valence-electron chi connectivity index (χ2n) is 9.76. The minimum absolute atomic E-state index is 0. The minimum Gasteiger partial charge on any atom is -0.480 e. The van der Waals surface area contributed by atoms with Crippen LogP contribution in [0.2, 0.25) is 0 Å². The molecule has 9 nitrogen and oxygen atoms in total. The normalized spacial score (nSPS) is 13.2. The molecule has 0 aliphatic rings. The number of nitrogens with one attached hydrogen (secondary N) is 1. The van der Waals surface area contributed by atoms with Crippen LogP contribution in [0.25, 0.3) is 0 Å². The summed E-state index contributed by atoms with van der Waals surface area (Å²) in [5.41, 5.74) is 5.52. The molecule has 0 aliphatic heterocycles. The Labute approximate surface area is 242 Å². The fourth-order valence-electron chi connectivity index (χ4n) is 3.04. The van der Waals surface area contributed by atoms with Crippen LogP contribution in [0.3, 0.4) is 0 Å². The van der Waals surface area contributed by atoms with Crippen LogP contribution in [-0.4, -0.2) is 52.7 Å². The number of hydrogen-bond acceptors (Lipinski definition) is 6. The zero-order chi connectivity index (χ0) is 29.4. The molecular formula is C30H52N2O7S. The van der Waals surface area contributed by atoms with Gasteiger partial charge in [-0.05, 0) is 57.9 Å². The average Bonchev–Trinajstić information content (AvgIpc) is 2.87. The molecule has 2 aromatic carbocycles. The van der Waals surface area contributed by atoms with Gasteiger partial charge in [-0.15, -0.1) is 0 Å². The molecule has 2 aromatic rings. The number of hydrogen-bond donors (Lipinski definition) is 5. The summed E-state index contributed by atoms with van der Waals surface area (Å²) < 4.78 is 29.6. The standard InChI is InChI=1S/C14H19NO3.C7H17NO.C7H8O3S.2CH4/c1-3-4-10-14(2,13(17)18)15-12(16)11-8-6-5-7-9-11;1-3-4-5-7(2,8)6-9;1-6-2-4-7(5-3-6)11(8,9)10;;/h5-9H,3-4,10H2,1-2H3,(H,15,16)(H,17,18);9H,3-6,8H2,1-2H3;2-5H,1H3,(H,8,9,10);2*1H4/t14-;7-;;;/m11.../s1. The molecule has 0 radical (unpaired) electrons. The van der Waals surface area contributed by atoms with E-state index < -0.39 is 21.6 Å². The van der Waals surface area contributed by atoms with Gasteiger partial charge < -0.3 is 21.3 Å². The zero-order valence-electron chi connectivity index (χ0n) is 23.1. The topological polar surface area (TPSA) is 167 Å². The summed E-state index contributed by atoms with van der Waals surface area (Å²) in [7, 11) is -4.02. The number of carboxylic acid groups (broad SMARTS) is 1. The Hall–Kier alpha value is -2.79. The Kier molecular flexibility index (Phi) is 21.0. The van der Waals surface area contributed by atoms with Crippen LogP contribution in [0.5, 0.6) is 0 Å². The number of carboxylic acids is 1. The fraction of sp³-hybridized carbons (Fsp3) is 0.533. The third-order valence-corrected chi connectivity index (χ3v) is 6.58. The van der Waals surface area contributed by atoms with E-state index in [0.29, 0.717) is 12.0 Å². The maximum atomic E-state index is 12.0. The Morgan fingerprint density at radius 2 is 1.38 bits per heavy atom. The van der Waals surface area contributed by atoms with Gasteiger partial charge >= 0.3 is 5.97 Å². The predicted octanol–water partition coefficient (Wildman–Crippen LogP) is 5.85. The smallest absolute Gasteiger partial charge is 0.329 e. The summed E-state index contributed by atoms with van der Waals surface area (Å²) in [6.45, 7) is 9.46. The molecule has 2 rings (SSSR count). The number of aliphatic hydroxyl groups excluding tert-OH is 1. The van der Waals surface area contributed by atoms with Crippen molar-refractivity contribution in [2.75, 3.05) is 6.61 Å². The van der Waals surface area contributed by atoms with Crippen LogP contribution in [0.15, 0.2) is 59.5 Å². The van der Waals surface area contributed by atoms with E-state index in [1.807, 2.05) is 26.8 Å². The van der Waals surface area contributed by atoms with Crippen molar-refractivity contribution < 1.29 is 32.8 Å². The van der Waals surface area contributed by atoms with Crippen molar-refractivity contribution >= 4 is 22.0 Å². The fourth-order valence-corrected chi connectivity index (χ4v) is 3.52. The van der Waals surface area contributed by atoms with Crippen LogP contribution in [0.1, 0.15) is 97.0 Å². The quantitative estimate of drug-likeness (QED) is 0.205. The third-order valence-electron chi connectivity index (χ3n) is 5.71. The monoisotopic (exact) mass is 584 g/mol. The number of benzene rings is 2. The van der Waals surface area contributed by atoms with E-state index >= 15 is 0 Å². The highest BCUT2D eigenvalue weighted by atomic mass is 32.2. The first-order valence-corrected chi connectivity index (χ1v) is 14.1. The molecule has 0 fully saturated rings. The molecule has 2 atom stereocenters. The van der Waals surface area contributed by atoms with Crippen LogP contribution in [0, 0.1) is 6.92 Å². The van der Waals surface area contributed by atoms with E-state index in [2.05, 4.69) is 12.2 Å². The molecule has 0 unspecified atom stereocenters. The maximum absolute atomic E-state index is 12.0. The van der Waals surface area contributed by atoms with Crippen LogP contribution >= 0.6 is 0 Å². The van der Waals surface area contributed by atoms with Crippen molar-refractivity contribution in [3.63, 3.8) is 0 Å². The highest BCUT2D eigenvalue weighted by Gasteiger charge is 2.34. The second-order valence-corrected chi connectivity index (χ2v) is 11.2. The lowest BCUT2D eigenvalue weighted by Gasteiger charge is -2.26. The van der Waals surface area contributed by atoms with Crippen molar-refractivity contribution in [1.29, 1.82) is 0 Å². The molecule has 10 heteroatoms. The van der Waals surface area contributed by atoms with Gasteiger partial charge in [0, 0.05) is 11.1 Å². The summed E-state index contributed by atoms with van der Waals surface area (Å²) in [6.07, 6.45) is 5.25. The van der Waals surface area contributed by atoms with Gasteiger partial charge in [0.25, 0.3) is 16.0 Å². The Morgan fingerprint density at radius 1 is 0.900 bits per heavy atom. The van der Waals surface area contributed by atoms with Gasteiger partial charge in [0.2, 0.25) is 0 Å². The van der Waals surface area contributed by atoms with Gasteiger partial charge in [-0.25, -0.2) is 4.79 Å². The van der Waals surface area contributed by atoms with Crippen molar-refractivity contribution in [3.05, 3.63) is 65.7 Å². The van der Waals surface area contributed by atoms with Gasteiger partial charge in [0.15, 0.2) is 0 Å². The van der Waals surface area contributed by atoms with Gasteiger partial charge in [-0.1, -0.05) is 90.3 Å². The number of aliphatic hydroxyl groups is 1. The average molecular weight is 585 g/mol. The summed E-state index contributed by atoms with van der Waals surface area (Å²) in [6, 6.07) is 14.6. The van der Waals surface area contributed by atoms with Crippen LogP contribution in [0.4, 0.5) is 0 Å². The van der Waals surface area contributed by atoms with Crippen molar-refractivity contribution in [1.82, 2.24) is 5.32 Å². The number of carbonyl (C=O) groups excluding carboxylic acids is 1. The summed E-state index contributed by atoms with van der Waals surface area (Å²) in [4.78, 5) is 23.2. The van der Waals surface area contributed by atoms with Crippen LogP contribution in [-0.2, 0) is 14.9 Å². The molecule has 6 N–H and O–H groups in total. The molecule has 0 saturated heterocycles. The van der Waals surface area contributed by atoms with Crippen molar-refractivity contribution in [3.8, 4) is 0 Å². The van der Waals surface area contributed by atoms with Gasteiger partial charge in [0.05, 0.1) is 11.5 Å². The second kappa shape index (κ2) is 20.1. The Bertz CT molecular complexity index is 1070. The molecule has 40 heavy (non-hydrogen) atoms. The van der Waals surface area contributed by atoms with Gasteiger partial charge in [0.1, 0.15) is 5.54 Å². The number of unbranched alkanes of at least 4 members (excludes halogenated alkanes) is 2. The number of amides is 1. The molecule has 0 aliphatic carbocycles. The van der Waals surface area contributed by atoms with E-state index in [0.717, 1.165) is 37.7 Å². The Balaban J connectivity index is -0.000000539. The highest BCUT2D eigenvalue weighted by molar-refractivity contribution is 7.85. The van der Waals surface area contributed by atoms with Gasteiger partial charge in [-0.2, -0.15) is 8.42 Å². The highest BCUT2D eigenvalue weighted by Crippen LogP contribution is 2.15. The van der Waals surface area contributed by atoms with E-state index in [4.69, 9.17) is 15.4 Å². The molecule has 230 valence electrons. The number of nitrogens with two attached hydrogens (primary N) is 1. The predicted molar refractivity (Wildman–Crippen MR) is 163 cm³/mol. The van der Waals surface area contributed by atoms with Crippen molar-refractivity contribution in [2.24, 2.45) is 5.73 Å². The number of rotatable bonds is 11. The maximum Gasteiger partial charge on any atom is 0.329 e.